The number of nitrogens with one attached hydrogen (secondary N) is 1. The van der Waals surface area contributed by atoms with Crippen LogP contribution in [0.2, 0.25) is 0 Å². The van der Waals surface area contributed by atoms with Crippen molar-refractivity contribution in [2.75, 3.05) is 11.9 Å². The summed E-state index contributed by atoms with van der Waals surface area (Å²) in [5.41, 5.74) is 0.814. The molecule has 0 amide bonds. The molecule has 6 nitrogen and oxygen atoms in total. The molecule has 8 heteroatoms. The molecule has 0 aromatic carbocycles. The van der Waals surface area contributed by atoms with Crippen LogP contribution in [0.5, 0.6) is 0 Å². The lowest BCUT2D eigenvalue weighted by Crippen LogP contribution is -2.04. The summed E-state index contributed by atoms with van der Waals surface area (Å²) in [5, 5.41) is 13.1. The molecule has 0 aliphatic heterocycles. The minimum Gasteiger partial charge on any atom is -0.354 e. The van der Waals surface area contributed by atoms with E-state index in [4.69, 9.17) is 0 Å². The van der Waals surface area contributed by atoms with E-state index < -0.39 is 0 Å². The van der Waals surface area contributed by atoms with Gasteiger partial charge in [0.15, 0.2) is 5.65 Å². The summed E-state index contributed by atoms with van der Waals surface area (Å²) in [7, 11) is 0. The molecule has 0 bridgehead atoms. The summed E-state index contributed by atoms with van der Waals surface area (Å²) < 4.78 is 2.76. The molecule has 0 aliphatic rings. The molecule has 3 aromatic rings. The molecule has 0 saturated carbocycles. The van der Waals surface area contributed by atoms with Crippen LogP contribution in [0.25, 0.3) is 5.65 Å². The van der Waals surface area contributed by atoms with Crippen molar-refractivity contribution in [3.63, 3.8) is 0 Å². The average Bonchev–Trinajstić information content (AvgIpc) is 2.91. The number of pyridine rings is 1. The van der Waals surface area contributed by atoms with Gasteiger partial charge in [0.05, 0.1) is 4.47 Å². The number of rotatable bonds is 5. The fourth-order valence-electron chi connectivity index (χ4n) is 1.72. The van der Waals surface area contributed by atoms with Gasteiger partial charge >= 0.3 is 0 Å². The maximum absolute atomic E-state index is 4.50. The van der Waals surface area contributed by atoms with Crippen LogP contribution in [0.3, 0.4) is 0 Å². The number of hydrogen-bond acceptors (Lipinski definition) is 6. The van der Waals surface area contributed by atoms with Crippen LogP contribution in [0.4, 0.5) is 5.95 Å². The van der Waals surface area contributed by atoms with Crippen LogP contribution in [0.15, 0.2) is 45.2 Å². The zero-order valence-corrected chi connectivity index (χ0v) is 13.7. The molecule has 0 aliphatic carbocycles. The van der Waals surface area contributed by atoms with Crippen LogP contribution in [0, 0.1) is 0 Å². The van der Waals surface area contributed by atoms with Crippen molar-refractivity contribution in [1.82, 2.24) is 24.6 Å². The van der Waals surface area contributed by atoms with Gasteiger partial charge in [-0.1, -0.05) is 13.0 Å². The van der Waals surface area contributed by atoms with E-state index >= 15 is 0 Å². The topological polar surface area (TPSA) is 68.0 Å². The highest BCUT2D eigenvalue weighted by Gasteiger charge is 2.12. The van der Waals surface area contributed by atoms with Gasteiger partial charge in [-0.2, -0.15) is 0 Å². The van der Waals surface area contributed by atoms with E-state index in [0.717, 1.165) is 33.3 Å². The number of aromatic nitrogens is 5. The van der Waals surface area contributed by atoms with Gasteiger partial charge in [-0.15, -0.1) is 10.2 Å². The number of nitrogens with zero attached hydrogens (tertiary/aromatic N) is 5. The smallest absolute Gasteiger partial charge is 0.223 e. The lowest BCUT2D eigenvalue weighted by atomic mass is 10.5. The third-order valence-corrected chi connectivity index (χ3v) is 4.52. The maximum Gasteiger partial charge on any atom is 0.223 e. The van der Waals surface area contributed by atoms with Crippen molar-refractivity contribution in [1.29, 1.82) is 0 Å². The molecule has 1 N–H and O–H groups in total. The molecule has 3 aromatic heterocycles. The van der Waals surface area contributed by atoms with Gasteiger partial charge in [0.1, 0.15) is 5.03 Å². The summed E-state index contributed by atoms with van der Waals surface area (Å²) in [6.07, 6.45) is 4.70. The third-order valence-electron chi connectivity index (χ3n) is 2.72. The Labute approximate surface area is 134 Å². The van der Waals surface area contributed by atoms with Gasteiger partial charge in [0.25, 0.3) is 0 Å². The Bertz CT molecular complexity index is 759. The number of hydrogen-bond donors (Lipinski definition) is 1. The molecule has 0 atom stereocenters. The van der Waals surface area contributed by atoms with Crippen LogP contribution in [-0.2, 0) is 0 Å². The molecule has 0 spiro atoms. The van der Waals surface area contributed by atoms with Gasteiger partial charge in [-0.25, -0.2) is 9.97 Å². The van der Waals surface area contributed by atoms with Crippen molar-refractivity contribution in [3.8, 4) is 0 Å². The Morgan fingerprint density at radius 1 is 1.33 bits per heavy atom. The molecule has 108 valence electrons. The maximum atomic E-state index is 4.50. The average molecular weight is 365 g/mol. The minimum atomic E-state index is 0.622. The first-order valence-electron chi connectivity index (χ1n) is 6.52. The Morgan fingerprint density at radius 3 is 3.10 bits per heavy atom. The molecular formula is C13H13BrN6S. The predicted molar refractivity (Wildman–Crippen MR) is 85.6 cm³/mol. The lowest BCUT2D eigenvalue weighted by molar-refractivity contribution is 0.905. The second-order valence-electron chi connectivity index (χ2n) is 4.29. The van der Waals surface area contributed by atoms with Crippen molar-refractivity contribution in [3.05, 3.63) is 35.1 Å². The Morgan fingerprint density at radius 2 is 2.24 bits per heavy atom. The molecule has 0 unspecified atom stereocenters. The number of anilines is 1. The largest absolute Gasteiger partial charge is 0.354 e. The standard InChI is InChI=1S/C13H13BrN6S/c1-2-6-15-12-16-8-9(14)11(17-12)21-13-19-18-10-5-3-4-7-20(10)13/h3-5,7-8H,2,6H2,1H3,(H,15,16,17). The summed E-state index contributed by atoms with van der Waals surface area (Å²) in [6.45, 7) is 2.95. The van der Waals surface area contributed by atoms with Crippen molar-refractivity contribution in [2.45, 2.75) is 23.5 Å². The zero-order valence-electron chi connectivity index (χ0n) is 11.3. The molecule has 0 fully saturated rings. The van der Waals surface area contributed by atoms with E-state index in [9.17, 15) is 0 Å². The molecular weight excluding hydrogens is 352 g/mol. The van der Waals surface area contributed by atoms with Gasteiger partial charge in [-0.05, 0) is 46.2 Å². The quantitative estimate of drug-likeness (QED) is 0.700. The van der Waals surface area contributed by atoms with Crippen molar-refractivity contribution in [2.24, 2.45) is 0 Å². The van der Waals surface area contributed by atoms with Crippen LogP contribution in [-0.4, -0.2) is 31.1 Å². The first-order valence-corrected chi connectivity index (χ1v) is 8.13. The van der Waals surface area contributed by atoms with E-state index in [2.05, 4.69) is 48.3 Å². The summed E-state index contributed by atoms with van der Waals surface area (Å²) >= 11 is 4.93. The first-order chi connectivity index (χ1) is 10.3. The second-order valence-corrected chi connectivity index (χ2v) is 6.10. The number of halogens is 1. The Kier molecular flexibility index (Phi) is 4.35. The van der Waals surface area contributed by atoms with E-state index in [1.54, 1.807) is 6.20 Å². The SMILES string of the molecule is CCCNc1ncc(Br)c(Sc2nnc3ccccn23)n1. The first kappa shape index (κ1) is 14.3. The highest BCUT2D eigenvalue weighted by atomic mass is 79.9. The highest BCUT2D eigenvalue weighted by molar-refractivity contribution is 9.10. The normalized spacial score (nSPS) is 11.0. The van der Waals surface area contributed by atoms with Gasteiger partial charge in [0, 0.05) is 18.9 Å². The van der Waals surface area contributed by atoms with Crippen molar-refractivity contribution >= 4 is 39.3 Å². The molecule has 3 rings (SSSR count). The minimum absolute atomic E-state index is 0.622. The fraction of sp³-hybridized carbons (Fsp3) is 0.231. The van der Waals surface area contributed by atoms with E-state index in [1.165, 1.54) is 11.8 Å². The summed E-state index contributed by atoms with van der Waals surface area (Å²) in [6, 6.07) is 5.80. The monoisotopic (exact) mass is 364 g/mol. The summed E-state index contributed by atoms with van der Waals surface area (Å²) in [4.78, 5) is 8.75. The lowest BCUT2D eigenvalue weighted by Gasteiger charge is -2.06. The van der Waals surface area contributed by atoms with E-state index in [-0.39, 0.29) is 0 Å². The Balaban J connectivity index is 1.90. The van der Waals surface area contributed by atoms with E-state index in [0.29, 0.717) is 5.95 Å². The molecule has 0 saturated heterocycles. The van der Waals surface area contributed by atoms with Crippen molar-refractivity contribution < 1.29 is 0 Å². The van der Waals surface area contributed by atoms with Crippen LogP contribution >= 0.6 is 27.7 Å². The van der Waals surface area contributed by atoms with Crippen LogP contribution < -0.4 is 5.32 Å². The summed E-state index contributed by atoms with van der Waals surface area (Å²) in [5.74, 6) is 0.622. The van der Waals surface area contributed by atoms with Gasteiger partial charge < -0.3 is 5.32 Å². The van der Waals surface area contributed by atoms with E-state index in [1.807, 2.05) is 28.8 Å². The van der Waals surface area contributed by atoms with Gasteiger partial charge in [-0.3, -0.25) is 4.40 Å². The molecule has 0 radical (unpaired) electrons. The third kappa shape index (κ3) is 3.16. The Hall–Kier alpha value is -1.67. The van der Waals surface area contributed by atoms with Gasteiger partial charge in [0.2, 0.25) is 11.1 Å². The molecule has 21 heavy (non-hydrogen) atoms. The number of fused-ring (bicyclic) bond motifs is 1. The zero-order chi connectivity index (χ0) is 14.7. The second kappa shape index (κ2) is 6.40. The molecule has 3 heterocycles. The fourth-order valence-corrected chi connectivity index (χ4v) is 2.94. The highest BCUT2D eigenvalue weighted by Crippen LogP contribution is 2.31. The van der Waals surface area contributed by atoms with Crippen LogP contribution in [0.1, 0.15) is 13.3 Å². The predicted octanol–water partition coefficient (Wildman–Crippen LogP) is 3.25.